The van der Waals surface area contributed by atoms with E-state index in [0.29, 0.717) is 24.7 Å². The molecule has 128 valence electrons. The van der Waals surface area contributed by atoms with E-state index in [1.807, 2.05) is 30.3 Å². The molecule has 6 nitrogen and oxygen atoms in total. The average molecular weight is 327 g/mol. The molecule has 1 aromatic heterocycles. The number of aromatic nitrogens is 3. The van der Waals surface area contributed by atoms with Gasteiger partial charge in [-0.1, -0.05) is 54.8 Å². The summed E-state index contributed by atoms with van der Waals surface area (Å²) in [7, 11) is 0. The van der Waals surface area contributed by atoms with Gasteiger partial charge in [-0.05, 0) is 24.3 Å². The first-order chi connectivity index (χ1) is 11.8. The van der Waals surface area contributed by atoms with E-state index in [2.05, 4.69) is 15.6 Å². The van der Waals surface area contributed by atoms with E-state index in [0.717, 1.165) is 18.4 Å². The Hall–Kier alpha value is -2.21. The van der Waals surface area contributed by atoms with Crippen molar-refractivity contribution in [2.75, 3.05) is 6.54 Å². The molecule has 2 aromatic rings. The summed E-state index contributed by atoms with van der Waals surface area (Å²) in [5.41, 5.74) is 7.35. The van der Waals surface area contributed by atoms with Gasteiger partial charge in [-0.3, -0.25) is 4.79 Å². The fourth-order valence-corrected chi connectivity index (χ4v) is 3.40. The minimum atomic E-state index is -0.185. The molecule has 24 heavy (non-hydrogen) atoms. The summed E-state index contributed by atoms with van der Waals surface area (Å²) >= 11 is 0. The summed E-state index contributed by atoms with van der Waals surface area (Å²) in [6, 6.07) is 10.0. The summed E-state index contributed by atoms with van der Waals surface area (Å²) in [6.45, 7) is 1.07. The van der Waals surface area contributed by atoms with Gasteiger partial charge in [0.15, 0.2) is 5.69 Å². The SMILES string of the molecule is NCC(NC(=O)c1cn(Cc2ccccc2)nn1)C1CCCCC1. The zero-order valence-electron chi connectivity index (χ0n) is 13.9. The van der Waals surface area contributed by atoms with E-state index >= 15 is 0 Å². The highest BCUT2D eigenvalue weighted by molar-refractivity contribution is 5.92. The van der Waals surface area contributed by atoms with Crippen LogP contribution in [-0.4, -0.2) is 33.5 Å². The first-order valence-electron chi connectivity index (χ1n) is 8.71. The highest BCUT2D eigenvalue weighted by Crippen LogP contribution is 2.26. The topological polar surface area (TPSA) is 85.8 Å². The van der Waals surface area contributed by atoms with Gasteiger partial charge in [0, 0.05) is 12.6 Å². The fraction of sp³-hybridized carbons (Fsp3) is 0.500. The van der Waals surface area contributed by atoms with Crippen molar-refractivity contribution in [2.24, 2.45) is 11.7 Å². The number of hydrogen-bond acceptors (Lipinski definition) is 4. The van der Waals surface area contributed by atoms with Gasteiger partial charge < -0.3 is 11.1 Å². The van der Waals surface area contributed by atoms with Gasteiger partial charge in [0.1, 0.15) is 0 Å². The van der Waals surface area contributed by atoms with Crippen molar-refractivity contribution in [1.29, 1.82) is 0 Å². The molecule has 1 aliphatic carbocycles. The monoisotopic (exact) mass is 327 g/mol. The zero-order chi connectivity index (χ0) is 16.8. The van der Waals surface area contributed by atoms with Crippen LogP contribution in [0.15, 0.2) is 36.5 Å². The normalized spacial score (nSPS) is 16.7. The highest BCUT2D eigenvalue weighted by atomic mass is 16.2. The molecule has 1 aliphatic rings. The standard InChI is InChI=1S/C18H25N5O/c19-11-16(15-9-5-2-6-10-15)20-18(24)17-13-23(22-21-17)12-14-7-3-1-4-8-14/h1,3-4,7-8,13,15-16H,2,5-6,9-12,19H2,(H,20,24). The van der Waals surface area contributed by atoms with Crippen LogP contribution < -0.4 is 11.1 Å². The second-order valence-corrected chi connectivity index (χ2v) is 6.50. The Balaban J connectivity index is 1.60. The Kier molecular flexibility index (Phi) is 5.59. The van der Waals surface area contributed by atoms with Crippen molar-refractivity contribution in [1.82, 2.24) is 20.3 Å². The van der Waals surface area contributed by atoms with Crippen molar-refractivity contribution in [3.8, 4) is 0 Å². The zero-order valence-corrected chi connectivity index (χ0v) is 13.9. The molecule has 0 saturated heterocycles. The molecule has 3 N–H and O–H groups in total. The number of amides is 1. The molecule has 0 bridgehead atoms. The van der Waals surface area contributed by atoms with E-state index in [1.54, 1.807) is 10.9 Å². The number of hydrogen-bond donors (Lipinski definition) is 2. The lowest BCUT2D eigenvalue weighted by Crippen LogP contribution is -2.46. The van der Waals surface area contributed by atoms with Crippen molar-refractivity contribution in [2.45, 2.75) is 44.7 Å². The molecule has 3 rings (SSSR count). The van der Waals surface area contributed by atoms with Crippen LogP contribution in [-0.2, 0) is 6.54 Å². The maximum Gasteiger partial charge on any atom is 0.273 e. The quantitative estimate of drug-likeness (QED) is 0.849. The number of carbonyl (C=O) groups excluding carboxylic acids is 1. The van der Waals surface area contributed by atoms with Gasteiger partial charge in [0.25, 0.3) is 5.91 Å². The van der Waals surface area contributed by atoms with Crippen molar-refractivity contribution >= 4 is 5.91 Å². The van der Waals surface area contributed by atoms with Crippen molar-refractivity contribution < 1.29 is 4.79 Å². The Morgan fingerprint density at radius 2 is 2.00 bits per heavy atom. The second kappa shape index (κ2) is 8.06. The smallest absolute Gasteiger partial charge is 0.273 e. The van der Waals surface area contributed by atoms with Gasteiger partial charge >= 0.3 is 0 Å². The molecular weight excluding hydrogens is 302 g/mol. The molecule has 0 radical (unpaired) electrons. The van der Waals surface area contributed by atoms with Gasteiger partial charge in [0.05, 0.1) is 12.7 Å². The summed E-state index contributed by atoms with van der Waals surface area (Å²) in [5, 5.41) is 11.1. The van der Waals surface area contributed by atoms with E-state index in [-0.39, 0.29) is 11.9 Å². The molecule has 1 saturated carbocycles. The summed E-state index contributed by atoms with van der Waals surface area (Å²) < 4.78 is 1.68. The van der Waals surface area contributed by atoms with Crippen LogP contribution in [0, 0.1) is 5.92 Å². The van der Waals surface area contributed by atoms with Gasteiger partial charge in [-0.25, -0.2) is 4.68 Å². The number of nitrogens with two attached hydrogens (primary N) is 1. The number of rotatable bonds is 6. The van der Waals surface area contributed by atoms with Crippen LogP contribution >= 0.6 is 0 Å². The predicted octanol–water partition coefficient (Wildman–Crippen LogP) is 1.96. The molecule has 1 amide bonds. The van der Waals surface area contributed by atoms with Crippen LogP contribution in [0.5, 0.6) is 0 Å². The molecule has 1 heterocycles. The Labute approximate surface area is 142 Å². The average Bonchev–Trinajstić information content (AvgIpc) is 3.10. The number of nitrogens with zero attached hydrogens (tertiary/aromatic N) is 3. The van der Waals surface area contributed by atoms with Crippen LogP contribution in [0.3, 0.4) is 0 Å². The fourth-order valence-electron chi connectivity index (χ4n) is 3.40. The predicted molar refractivity (Wildman–Crippen MR) is 92.4 cm³/mol. The lowest BCUT2D eigenvalue weighted by molar-refractivity contribution is 0.0910. The minimum Gasteiger partial charge on any atom is -0.346 e. The number of carbonyl (C=O) groups is 1. The third-order valence-corrected chi connectivity index (χ3v) is 4.75. The van der Waals surface area contributed by atoms with E-state index < -0.39 is 0 Å². The molecule has 1 aromatic carbocycles. The van der Waals surface area contributed by atoms with Gasteiger partial charge in [-0.15, -0.1) is 5.10 Å². The Bertz CT molecular complexity index is 648. The van der Waals surface area contributed by atoms with Gasteiger partial charge in [0.2, 0.25) is 0 Å². The first-order valence-corrected chi connectivity index (χ1v) is 8.71. The molecule has 1 fully saturated rings. The largest absolute Gasteiger partial charge is 0.346 e. The summed E-state index contributed by atoms with van der Waals surface area (Å²) in [4.78, 5) is 12.4. The van der Waals surface area contributed by atoms with Crippen LogP contribution in [0.25, 0.3) is 0 Å². The number of nitrogens with one attached hydrogen (secondary N) is 1. The second-order valence-electron chi connectivity index (χ2n) is 6.50. The Morgan fingerprint density at radius 3 is 2.71 bits per heavy atom. The third-order valence-electron chi connectivity index (χ3n) is 4.75. The Morgan fingerprint density at radius 1 is 1.25 bits per heavy atom. The highest BCUT2D eigenvalue weighted by Gasteiger charge is 2.25. The molecule has 6 heteroatoms. The van der Waals surface area contributed by atoms with Crippen molar-refractivity contribution in [3.05, 3.63) is 47.8 Å². The third kappa shape index (κ3) is 4.20. The van der Waals surface area contributed by atoms with E-state index in [4.69, 9.17) is 5.73 Å². The van der Waals surface area contributed by atoms with Crippen LogP contribution in [0.4, 0.5) is 0 Å². The van der Waals surface area contributed by atoms with Crippen LogP contribution in [0.1, 0.15) is 48.2 Å². The minimum absolute atomic E-state index is 0.0251. The van der Waals surface area contributed by atoms with E-state index in [9.17, 15) is 4.79 Å². The number of benzene rings is 1. The molecule has 1 unspecified atom stereocenters. The summed E-state index contributed by atoms with van der Waals surface area (Å²) in [5.74, 6) is 0.294. The van der Waals surface area contributed by atoms with E-state index in [1.165, 1.54) is 19.3 Å². The molecular formula is C18H25N5O. The summed E-state index contributed by atoms with van der Waals surface area (Å²) in [6.07, 6.45) is 7.71. The maximum atomic E-state index is 12.4. The molecule has 0 spiro atoms. The molecule has 1 atom stereocenters. The lowest BCUT2D eigenvalue weighted by Gasteiger charge is -2.29. The maximum absolute atomic E-state index is 12.4. The first kappa shape index (κ1) is 16.6. The lowest BCUT2D eigenvalue weighted by atomic mass is 9.84. The van der Waals surface area contributed by atoms with Crippen molar-refractivity contribution in [3.63, 3.8) is 0 Å². The molecule has 0 aliphatic heterocycles. The van der Waals surface area contributed by atoms with Crippen LogP contribution in [0.2, 0.25) is 0 Å². The van der Waals surface area contributed by atoms with Gasteiger partial charge in [-0.2, -0.15) is 0 Å².